The summed E-state index contributed by atoms with van der Waals surface area (Å²) in [6.07, 6.45) is 4.01. The van der Waals surface area contributed by atoms with Gasteiger partial charge in [0.2, 0.25) is 0 Å². The molecular formula is C14H14O3. The van der Waals surface area contributed by atoms with Crippen molar-refractivity contribution in [3.63, 3.8) is 0 Å². The number of cyclic esters (lactones) is 1. The Balaban J connectivity index is 2.18. The number of aliphatic hydroxyl groups excluding tert-OH is 1. The molecule has 1 aromatic rings. The summed E-state index contributed by atoms with van der Waals surface area (Å²) in [5.41, 5.74) is 2.54. The molecule has 0 aromatic heterocycles. The lowest BCUT2D eigenvalue weighted by Crippen LogP contribution is -2.17. The quantitative estimate of drug-likeness (QED) is 0.803. The number of benzene rings is 1. The zero-order valence-electron chi connectivity index (χ0n) is 9.43. The third kappa shape index (κ3) is 3.04. The summed E-state index contributed by atoms with van der Waals surface area (Å²) in [5.74, 6) is -0.274. The lowest BCUT2D eigenvalue weighted by Gasteiger charge is -2.15. The summed E-state index contributed by atoms with van der Waals surface area (Å²) in [6.45, 7) is 0.208. The smallest absolute Gasteiger partial charge is 0.334 e. The van der Waals surface area contributed by atoms with E-state index in [1.807, 2.05) is 30.3 Å². The number of esters is 1. The van der Waals surface area contributed by atoms with E-state index in [2.05, 4.69) is 0 Å². The zero-order chi connectivity index (χ0) is 12.1. The van der Waals surface area contributed by atoms with Crippen molar-refractivity contribution in [3.8, 4) is 0 Å². The number of hydrogen-bond donors (Lipinski definition) is 1. The fraction of sp³-hybridized carbons (Fsp3) is 0.214. The van der Waals surface area contributed by atoms with Crippen molar-refractivity contribution in [3.05, 3.63) is 59.2 Å². The highest BCUT2D eigenvalue weighted by Crippen LogP contribution is 2.17. The minimum Gasteiger partial charge on any atom is -0.457 e. The number of rotatable bonds is 3. The van der Waals surface area contributed by atoms with Gasteiger partial charge in [-0.05, 0) is 17.2 Å². The topological polar surface area (TPSA) is 46.5 Å². The van der Waals surface area contributed by atoms with E-state index in [-0.39, 0.29) is 19.2 Å². The van der Waals surface area contributed by atoms with Crippen LogP contribution in [-0.2, 0) is 16.0 Å². The Morgan fingerprint density at radius 1 is 1.29 bits per heavy atom. The summed E-state index contributed by atoms with van der Waals surface area (Å²) < 4.78 is 5.04. The van der Waals surface area contributed by atoms with Crippen molar-refractivity contribution in [2.75, 3.05) is 13.2 Å². The second-order valence-corrected chi connectivity index (χ2v) is 3.87. The Hall–Kier alpha value is -1.87. The molecule has 3 heteroatoms. The Labute approximate surface area is 100 Å². The molecule has 0 fully saturated rings. The molecule has 0 saturated carbocycles. The predicted molar refractivity (Wildman–Crippen MR) is 64.4 cm³/mol. The highest BCUT2D eigenvalue weighted by atomic mass is 16.5. The van der Waals surface area contributed by atoms with Gasteiger partial charge in [0.05, 0.1) is 6.61 Å². The molecular weight excluding hydrogens is 216 g/mol. The van der Waals surface area contributed by atoms with Crippen LogP contribution >= 0.6 is 0 Å². The van der Waals surface area contributed by atoms with Crippen LogP contribution in [0.15, 0.2) is 53.6 Å². The Bertz CT molecular complexity index is 458. The lowest BCUT2D eigenvalue weighted by molar-refractivity contribution is -0.138. The second kappa shape index (κ2) is 5.46. The van der Waals surface area contributed by atoms with Crippen LogP contribution in [0.1, 0.15) is 5.56 Å². The summed E-state index contributed by atoms with van der Waals surface area (Å²) >= 11 is 0. The number of aliphatic hydroxyl groups is 1. The molecule has 88 valence electrons. The van der Waals surface area contributed by atoms with Gasteiger partial charge in [0.25, 0.3) is 0 Å². The number of carbonyl (C=O) groups excluding carboxylic acids is 1. The fourth-order valence-electron chi connectivity index (χ4n) is 1.74. The van der Waals surface area contributed by atoms with E-state index in [1.54, 1.807) is 12.2 Å². The highest BCUT2D eigenvalue weighted by molar-refractivity contribution is 5.90. The van der Waals surface area contributed by atoms with Crippen LogP contribution in [0, 0.1) is 0 Å². The standard InChI is InChI=1S/C14H14O3/c15-7-6-12-9-13(14(16)17-10-12)8-11-4-2-1-3-5-11/h1-6,9,15H,7-8,10H2/b12-6-. The maximum atomic E-state index is 11.6. The van der Waals surface area contributed by atoms with E-state index in [9.17, 15) is 4.79 Å². The summed E-state index contributed by atoms with van der Waals surface area (Å²) in [6, 6.07) is 9.76. The second-order valence-electron chi connectivity index (χ2n) is 3.87. The summed E-state index contributed by atoms with van der Waals surface area (Å²) in [4.78, 5) is 11.6. The molecule has 3 nitrogen and oxygen atoms in total. The molecule has 1 N–H and O–H groups in total. The first kappa shape index (κ1) is 11.6. The van der Waals surface area contributed by atoms with E-state index < -0.39 is 0 Å². The number of hydrogen-bond acceptors (Lipinski definition) is 3. The van der Waals surface area contributed by atoms with Crippen molar-refractivity contribution in [2.24, 2.45) is 0 Å². The van der Waals surface area contributed by atoms with Gasteiger partial charge < -0.3 is 9.84 Å². The molecule has 0 bridgehead atoms. The molecule has 0 spiro atoms. The van der Waals surface area contributed by atoms with Gasteiger partial charge in [-0.1, -0.05) is 36.4 Å². The normalized spacial score (nSPS) is 17.8. The van der Waals surface area contributed by atoms with Crippen LogP contribution in [0.4, 0.5) is 0 Å². The van der Waals surface area contributed by atoms with Gasteiger partial charge in [-0.2, -0.15) is 0 Å². The maximum absolute atomic E-state index is 11.6. The van der Waals surface area contributed by atoms with Crippen LogP contribution in [-0.4, -0.2) is 24.3 Å². The van der Waals surface area contributed by atoms with Crippen molar-refractivity contribution in [1.82, 2.24) is 0 Å². The molecule has 0 aliphatic carbocycles. The van der Waals surface area contributed by atoms with E-state index in [0.29, 0.717) is 12.0 Å². The van der Waals surface area contributed by atoms with Crippen LogP contribution in [0.25, 0.3) is 0 Å². The molecule has 1 aromatic carbocycles. The minimum absolute atomic E-state index is 0.0397. The minimum atomic E-state index is -0.274. The van der Waals surface area contributed by atoms with Crippen molar-refractivity contribution in [2.45, 2.75) is 6.42 Å². The van der Waals surface area contributed by atoms with E-state index in [4.69, 9.17) is 9.84 Å². The first-order valence-corrected chi connectivity index (χ1v) is 5.51. The molecule has 1 aliphatic rings. The summed E-state index contributed by atoms with van der Waals surface area (Å²) in [7, 11) is 0. The van der Waals surface area contributed by atoms with Crippen molar-refractivity contribution >= 4 is 5.97 Å². The van der Waals surface area contributed by atoms with E-state index >= 15 is 0 Å². The molecule has 0 radical (unpaired) electrons. The largest absolute Gasteiger partial charge is 0.457 e. The van der Waals surface area contributed by atoms with E-state index in [1.165, 1.54) is 0 Å². The summed E-state index contributed by atoms with van der Waals surface area (Å²) in [5, 5.41) is 8.81. The molecule has 1 heterocycles. The number of carbonyl (C=O) groups is 1. The van der Waals surface area contributed by atoms with Gasteiger partial charge >= 0.3 is 5.97 Å². The predicted octanol–water partition coefficient (Wildman–Crippen LogP) is 1.63. The first-order chi connectivity index (χ1) is 8.29. The molecule has 0 saturated heterocycles. The van der Waals surface area contributed by atoms with Gasteiger partial charge in [0.15, 0.2) is 0 Å². The third-order valence-electron chi connectivity index (χ3n) is 2.58. The number of ether oxygens (including phenoxy) is 1. The van der Waals surface area contributed by atoms with Gasteiger partial charge in [-0.15, -0.1) is 0 Å². The first-order valence-electron chi connectivity index (χ1n) is 5.51. The Kier molecular flexibility index (Phi) is 3.73. The Morgan fingerprint density at radius 2 is 2.06 bits per heavy atom. The molecule has 0 unspecified atom stereocenters. The molecule has 0 amide bonds. The highest BCUT2D eigenvalue weighted by Gasteiger charge is 2.17. The zero-order valence-corrected chi connectivity index (χ0v) is 9.43. The van der Waals surface area contributed by atoms with Crippen LogP contribution < -0.4 is 0 Å². The molecule has 17 heavy (non-hydrogen) atoms. The third-order valence-corrected chi connectivity index (χ3v) is 2.58. The van der Waals surface area contributed by atoms with Gasteiger partial charge in [-0.3, -0.25) is 0 Å². The SMILES string of the molecule is O=C1OC/C(=C\CO)C=C1Cc1ccccc1. The van der Waals surface area contributed by atoms with Gasteiger partial charge in [-0.25, -0.2) is 4.79 Å². The van der Waals surface area contributed by atoms with Gasteiger partial charge in [0.1, 0.15) is 6.61 Å². The van der Waals surface area contributed by atoms with Crippen molar-refractivity contribution < 1.29 is 14.6 Å². The van der Waals surface area contributed by atoms with Crippen LogP contribution in [0.5, 0.6) is 0 Å². The average molecular weight is 230 g/mol. The monoisotopic (exact) mass is 230 g/mol. The maximum Gasteiger partial charge on any atom is 0.334 e. The Morgan fingerprint density at radius 3 is 2.76 bits per heavy atom. The lowest BCUT2D eigenvalue weighted by atomic mass is 10.0. The molecule has 2 rings (SSSR count). The van der Waals surface area contributed by atoms with Gasteiger partial charge in [0, 0.05) is 12.0 Å². The fourth-order valence-corrected chi connectivity index (χ4v) is 1.74. The van der Waals surface area contributed by atoms with Crippen molar-refractivity contribution in [1.29, 1.82) is 0 Å². The van der Waals surface area contributed by atoms with Crippen LogP contribution in [0.3, 0.4) is 0 Å². The molecule has 1 aliphatic heterocycles. The van der Waals surface area contributed by atoms with E-state index in [0.717, 1.165) is 11.1 Å². The average Bonchev–Trinajstić information content (AvgIpc) is 2.35. The van der Waals surface area contributed by atoms with Crippen LogP contribution in [0.2, 0.25) is 0 Å². The molecule has 0 atom stereocenters.